The van der Waals surface area contributed by atoms with Crippen LogP contribution in [0.1, 0.15) is 40.5 Å². The van der Waals surface area contributed by atoms with Gasteiger partial charge in [0.15, 0.2) is 0 Å². The van der Waals surface area contributed by atoms with Gasteiger partial charge in [-0.25, -0.2) is 0 Å². The van der Waals surface area contributed by atoms with Crippen molar-refractivity contribution in [3.8, 4) is 0 Å². The molecule has 1 aliphatic heterocycles. The molecule has 3 nitrogen and oxygen atoms in total. The lowest BCUT2D eigenvalue weighted by Gasteiger charge is -2.29. The topological polar surface area (TPSA) is 40.5 Å². The van der Waals surface area contributed by atoms with Gasteiger partial charge in [-0.1, -0.05) is 27.7 Å². The minimum absolute atomic E-state index is 0.272. The molecule has 0 spiro atoms. The molecule has 0 aliphatic carbocycles. The quantitative estimate of drug-likeness (QED) is 0.826. The van der Waals surface area contributed by atoms with Crippen molar-refractivity contribution in [1.82, 2.24) is 4.90 Å². The second-order valence-corrected chi connectivity index (χ2v) is 6.81. The number of nitrogens with zero attached hydrogens (tertiary/aromatic N) is 1. The van der Waals surface area contributed by atoms with Crippen LogP contribution in [0.4, 0.5) is 0 Å². The van der Waals surface area contributed by atoms with E-state index in [1.54, 1.807) is 11.8 Å². The van der Waals surface area contributed by atoms with E-state index in [2.05, 4.69) is 32.6 Å². The number of hydrogen-bond donors (Lipinski definition) is 1. The van der Waals surface area contributed by atoms with Gasteiger partial charge in [-0.15, -0.1) is 11.8 Å². The van der Waals surface area contributed by atoms with Crippen LogP contribution in [-0.2, 0) is 4.79 Å². The second-order valence-electron chi connectivity index (χ2n) is 5.60. The Labute approximate surface area is 103 Å². The molecule has 2 unspecified atom stereocenters. The maximum Gasteiger partial charge on any atom is 0.321 e. The zero-order valence-electron chi connectivity index (χ0n) is 10.7. The van der Waals surface area contributed by atoms with Gasteiger partial charge in [0.2, 0.25) is 0 Å². The lowest BCUT2D eigenvalue weighted by molar-refractivity contribution is -0.142. The standard InChI is InChI=1S/C12H23NO2S/c1-5-10-13(7-6-12(2,3)4)9(8-16-10)11(14)15/h9-10H,5-8H2,1-4H3,(H,14,15). The molecule has 0 aromatic rings. The second kappa shape index (κ2) is 5.41. The third kappa shape index (κ3) is 3.67. The largest absolute Gasteiger partial charge is 0.480 e. The van der Waals surface area contributed by atoms with Crippen molar-refractivity contribution in [1.29, 1.82) is 0 Å². The average Bonchev–Trinajstić information content (AvgIpc) is 2.56. The van der Waals surface area contributed by atoms with E-state index in [1.165, 1.54) is 0 Å². The molecule has 1 N–H and O–H groups in total. The van der Waals surface area contributed by atoms with E-state index < -0.39 is 5.97 Å². The third-order valence-corrected chi connectivity index (χ3v) is 4.47. The van der Waals surface area contributed by atoms with Crippen LogP contribution in [0, 0.1) is 5.41 Å². The molecule has 2 atom stereocenters. The highest BCUT2D eigenvalue weighted by atomic mass is 32.2. The van der Waals surface area contributed by atoms with Crippen molar-refractivity contribution in [3.05, 3.63) is 0 Å². The number of hydrogen-bond acceptors (Lipinski definition) is 3. The van der Waals surface area contributed by atoms with E-state index in [0.717, 1.165) is 25.1 Å². The molecule has 0 amide bonds. The molecular weight excluding hydrogens is 222 g/mol. The van der Waals surface area contributed by atoms with Crippen molar-refractivity contribution < 1.29 is 9.90 Å². The first-order valence-corrected chi connectivity index (χ1v) is 7.00. The molecule has 0 radical (unpaired) electrons. The van der Waals surface area contributed by atoms with E-state index >= 15 is 0 Å². The van der Waals surface area contributed by atoms with Gasteiger partial charge in [0.05, 0.1) is 5.37 Å². The Kier molecular flexibility index (Phi) is 4.68. The van der Waals surface area contributed by atoms with Crippen LogP contribution in [0.3, 0.4) is 0 Å². The molecule has 1 aliphatic rings. The number of carboxylic acid groups (broad SMARTS) is 1. The maximum absolute atomic E-state index is 11.1. The van der Waals surface area contributed by atoms with Gasteiger partial charge in [-0.3, -0.25) is 9.69 Å². The molecule has 94 valence electrons. The van der Waals surface area contributed by atoms with E-state index in [-0.39, 0.29) is 11.5 Å². The van der Waals surface area contributed by atoms with Crippen LogP contribution in [0.25, 0.3) is 0 Å². The monoisotopic (exact) mass is 245 g/mol. The SMILES string of the molecule is CCC1SCC(C(=O)O)N1CCC(C)(C)C. The highest BCUT2D eigenvalue weighted by molar-refractivity contribution is 8.00. The number of thioether (sulfide) groups is 1. The summed E-state index contributed by atoms with van der Waals surface area (Å²) in [7, 11) is 0. The van der Waals surface area contributed by atoms with E-state index in [1.807, 2.05) is 0 Å². The van der Waals surface area contributed by atoms with Crippen molar-refractivity contribution in [3.63, 3.8) is 0 Å². The Morgan fingerprint density at radius 1 is 1.50 bits per heavy atom. The van der Waals surface area contributed by atoms with Crippen molar-refractivity contribution in [2.24, 2.45) is 5.41 Å². The van der Waals surface area contributed by atoms with Crippen molar-refractivity contribution in [2.45, 2.75) is 52.0 Å². The Hall–Kier alpha value is -0.220. The van der Waals surface area contributed by atoms with Gasteiger partial charge >= 0.3 is 5.97 Å². The molecule has 0 saturated carbocycles. The van der Waals surface area contributed by atoms with Gasteiger partial charge in [-0.05, 0) is 18.3 Å². The first-order valence-electron chi connectivity index (χ1n) is 5.95. The molecule has 0 aromatic carbocycles. The Morgan fingerprint density at radius 3 is 2.56 bits per heavy atom. The fourth-order valence-electron chi connectivity index (χ4n) is 1.92. The zero-order chi connectivity index (χ0) is 12.3. The zero-order valence-corrected chi connectivity index (χ0v) is 11.5. The van der Waals surface area contributed by atoms with Crippen LogP contribution in [0.5, 0.6) is 0 Å². The van der Waals surface area contributed by atoms with Crippen molar-refractivity contribution in [2.75, 3.05) is 12.3 Å². The maximum atomic E-state index is 11.1. The van der Waals surface area contributed by atoms with Gasteiger partial charge in [-0.2, -0.15) is 0 Å². The number of carbonyl (C=O) groups is 1. The molecule has 1 fully saturated rings. The first kappa shape index (κ1) is 13.8. The summed E-state index contributed by atoms with van der Waals surface area (Å²) in [6.45, 7) is 9.63. The molecule has 1 saturated heterocycles. The van der Waals surface area contributed by atoms with Gasteiger partial charge in [0.25, 0.3) is 0 Å². The van der Waals surface area contributed by atoms with Crippen LogP contribution >= 0.6 is 11.8 Å². The summed E-state index contributed by atoms with van der Waals surface area (Å²) >= 11 is 1.78. The smallest absolute Gasteiger partial charge is 0.321 e. The number of carboxylic acids is 1. The summed E-state index contributed by atoms with van der Waals surface area (Å²) < 4.78 is 0. The fraction of sp³-hybridized carbons (Fsp3) is 0.917. The Bertz CT molecular complexity index is 250. The predicted octanol–water partition coefficient (Wildman–Crippen LogP) is 2.66. The van der Waals surface area contributed by atoms with Crippen molar-refractivity contribution >= 4 is 17.7 Å². The van der Waals surface area contributed by atoms with Gasteiger partial charge in [0.1, 0.15) is 6.04 Å². The van der Waals surface area contributed by atoms with Crippen LogP contribution in [0.2, 0.25) is 0 Å². The molecule has 4 heteroatoms. The molecule has 0 aromatic heterocycles. The summed E-state index contributed by atoms with van der Waals surface area (Å²) in [6, 6.07) is -0.280. The summed E-state index contributed by atoms with van der Waals surface area (Å²) in [6.07, 6.45) is 2.08. The highest BCUT2D eigenvalue weighted by Crippen LogP contribution is 2.32. The lowest BCUT2D eigenvalue weighted by Crippen LogP contribution is -2.42. The summed E-state index contributed by atoms with van der Waals surface area (Å²) in [5.74, 6) is 0.0650. The average molecular weight is 245 g/mol. The van der Waals surface area contributed by atoms with Gasteiger partial charge in [0, 0.05) is 12.3 Å². The number of aliphatic carboxylic acids is 1. The highest BCUT2D eigenvalue weighted by Gasteiger charge is 2.37. The summed E-state index contributed by atoms with van der Waals surface area (Å²) in [4.78, 5) is 13.3. The van der Waals surface area contributed by atoms with Crippen LogP contribution in [0.15, 0.2) is 0 Å². The van der Waals surface area contributed by atoms with E-state index in [0.29, 0.717) is 5.37 Å². The van der Waals surface area contributed by atoms with E-state index in [9.17, 15) is 9.90 Å². The fourth-order valence-corrected chi connectivity index (χ4v) is 3.34. The van der Waals surface area contributed by atoms with Crippen LogP contribution < -0.4 is 0 Å². The molecular formula is C12H23NO2S. The third-order valence-electron chi connectivity index (χ3n) is 2.97. The van der Waals surface area contributed by atoms with E-state index in [4.69, 9.17) is 0 Å². The predicted molar refractivity (Wildman–Crippen MR) is 68.7 cm³/mol. The minimum Gasteiger partial charge on any atom is -0.480 e. The molecule has 1 rings (SSSR count). The van der Waals surface area contributed by atoms with Gasteiger partial charge < -0.3 is 5.11 Å². The normalized spacial score (nSPS) is 27.2. The van der Waals surface area contributed by atoms with Crippen LogP contribution in [-0.4, -0.2) is 39.7 Å². The molecule has 16 heavy (non-hydrogen) atoms. The minimum atomic E-state index is -0.669. The summed E-state index contributed by atoms with van der Waals surface area (Å²) in [5.41, 5.74) is 0.272. The first-order chi connectivity index (χ1) is 7.35. The molecule has 0 bridgehead atoms. The molecule has 1 heterocycles. The summed E-state index contributed by atoms with van der Waals surface area (Å²) in [5, 5.41) is 9.56. The Balaban J connectivity index is 2.60. The number of rotatable bonds is 4. The lowest BCUT2D eigenvalue weighted by atomic mass is 9.92. The Morgan fingerprint density at radius 2 is 2.12 bits per heavy atom.